The number of nitrogens with zero attached hydrogens (tertiary/aromatic N) is 6. The number of benzene rings is 1. The summed E-state index contributed by atoms with van der Waals surface area (Å²) in [6.45, 7) is 2.93. The van der Waals surface area contributed by atoms with Crippen LogP contribution in [0.15, 0.2) is 53.7 Å². The van der Waals surface area contributed by atoms with Gasteiger partial charge < -0.3 is 10.0 Å². The highest BCUT2D eigenvalue weighted by Gasteiger charge is 2.37. The number of carboxylic acid groups (broad SMARTS) is 1. The maximum Gasteiger partial charge on any atom is 0.342 e. The molecule has 5 rings (SSSR count). The van der Waals surface area contributed by atoms with Crippen LogP contribution >= 0.6 is 23.2 Å². The number of carboxylic acids is 1. The molecule has 1 aromatic carbocycles. The molecule has 11 heteroatoms. The number of rotatable bonds is 4. The SMILES string of the molecule is C[C@H]1CN(c2ncnc(Cl)c2C(=O)O)CC1c1nn2ccc(Cl)c2c(=O)n1-c1ccccc1. The maximum atomic E-state index is 13.5. The fourth-order valence-corrected chi connectivity index (χ4v) is 4.80. The molecular weight excluding hydrogens is 467 g/mol. The van der Waals surface area contributed by atoms with E-state index in [9.17, 15) is 14.7 Å². The lowest BCUT2D eigenvalue weighted by atomic mass is 9.97. The Morgan fingerprint density at radius 3 is 2.61 bits per heavy atom. The van der Waals surface area contributed by atoms with E-state index in [2.05, 4.69) is 9.97 Å². The van der Waals surface area contributed by atoms with Crippen molar-refractivity contribution in [1.29, 1.82) is 0 Å². The fraction of sp³-hybridized carbons (Fsp3) is 0.227. The van der Waals surface area contributed by atoms with E-state index in [1.54, 1.807) is 16.8 Å². The molecule has 1 aliphatic heterocycles. The molecule has 0 aliphatic carbocycles. The van der Waals surface area contributed by atoms with Gasteiger partial charge in [0, 0.05) is 25.2 Å². The van der Waals surface area contributed by atoms with Crippen molar-refractivity contribution in [2.45, 2.75) is 12.8 Å². The molecule has 9 nitrogen and oxygen atoms in total. The quantitative estimate of drug-likeness (QED) is 0.441. The van der Waals surface area contributed by atoms with Gasteiger partial charge in [-0.25, -0.2) is 19.3 Å². The molecule has 1 saturated heterocycles. The summed E-state index contributed by atoms with van der Waals surface area (Å²) in [6, 6.07) is 10.9. The van der Waals surface area contributed by atoms with Crippen LogP contribution in [0.3, 0.4) is 0 Å². The minimum absolute atomic E-state index is 0.0331. The van der Waals surface area contributed by atoms with Gasteiger partial charge in [0.2, 0.25) is 0 Å². The monoisotopic (exact) mass is 484 g/mol. The van der Waals surface area contributed by atoms with Gasteiger partial charge in [-0.2, -0.15) is 5.10 Å². The lowest BCUT2D eigenvalue weighted by Crippen LogP contribution is -2.30. The van der Waals surface area contributed by atoms with Gasteiger partial charge in [0.15, 0.2) is 0 Å². The van der Waals surface area contributed by atoms with Gasteiger partial charge in [-0.15, -0.1) is 0 Å². The fourth-order valence-electron chi connectivity index (χ4n) is 4.37. The third-order valence-electron chi connectivity index (χ3n) is 5.92. The summed E-state index contributed by atoms with van der Waals surface area (Å²) >= 11 is 12.3. The van der Waals surface area contributed by atoms with Gasteiger partial charge >= 0.3 is 5.97 Å². The molecule has 168 valence electrons. The number of para-hydroxylation sites is 1. The molecule has 1 fully saturated rings. The van der Waals surface area contributed by atoms with Crippen molar-refractivity contribution in [3.63, 3.8) is 0 Å². The Balaban J connectivity index is 1.66. The van der Waals surface area contributed by atoms with E-state index < -0.39 is 5.97 Å². The van der Waals surface area contributed by atoms with Crippen molar-refractivity contribution < 1.29 is 9.90 Å². The Morgan fingerprint density at radius 1 is 1.12 bits per heavy atom. The van der Waals surface area contributed by atoms with Crippen molar-refractivity contribution >= 4 is 40.5 Å². The zero-order chi connectivity index (χ0) is 23.3. The molecule has 0 bridgehead atoms. The van der Waals surface area contributed by atoms with Crippen LogP contribution in [-0.4, -0.2) is 48.3 Å². The van der Waals surface area contributed by atoms with Gasteiger partial charge in [0.25, 0.3) is 5.56 Å². The maximum absolute atomic E-state index is 13.5. The summed E-state index contributed by atoms with van der Waals surface area (Å²) in [5, 5.41) is 14.6. The molecule has 2 atom stereocenters. The molecule has 4 heterocycles. The highest BCUT2D eigenvalue weighted by Crippen LogP contribution is 2.36. The normalized spacial score (nSPS) is 18.2. The highest BCUT2D eigenvalue weighted by atomic mass is 35.5. The van der Waals surface area contributed by atoms with E-state index in [0.29, 0.717) is 35.1 Å². The first-order valence-electron chi connectivity index (χ1n) is 10.2. The molecule has 1 unspecified atom stereocenters. The largest absolute Gasteiger partial charge is 0.477 e. The van der Waals surface area contributed by atoms with Gasteiger partial charge in [-0.1, -0.05) is 48.3 Å². The Labute approximate surface area is 197 Å². The molecule has 0 radical (unpaired) electrons. The van der Waals surface area contributed by atoms with Crippen LogP contribution in [0.25, 0.3) is 11.2 Å². The van der Waals surface area contributed by atoms with Crippen LogP contribution in [0.1, 0.15) is 29.0 Å². The molecule has 3 aromatic heterocycles. The van der Waals surface area contributed by atoms with Gasteiger partial charge in [0.1, 0.15) is 34.2 Å². The number of fused-ring (bicyclic) bond motifs is 1. The zero-order valence-electron chi connectivity index (χ0n) is 17.4. The second kappa shape index (κ2) is 8.17. The van der Waals surface area contributed by atoms with Crippen LogP contribution in [0.2, 0.25) is 10.2 Å². The lowest BCUT2D eigenvalue weighted by Gasteiger charge is -2.21. The first-order chi connectivity index (χ1) is 15.9. The van der Waals surface area contributed by atoms with E-state index in [0.717, 1.165) is 0 Å². The van der Waals surface area contributed by atoms with E-state index in [4.69, 9.17) is 28.3 Å². The predicted molar refractivity (Wildman–Crippen MR) is 124 cm³/mol. The summed E-state index contributed by atoms with van der Waals surface area (Å²) in [4.78, 5) is 35.2. The third-order valence-corrected chi connectivity index (χ3v) is 6.51. The number of carbonyl (C=O) groups is 1. The van der Waals surface area contributed by atoms with Crippen LogP contribution < -0.4 is 10.5 Å². The van der Waals surface area contributed by atoms with E-state index in [-0.39, 0.29) is 33.9 Å². The number of hydrogen-bond donors (Lipinski definition) is 1. The number of halogens is 2. The molecule has 0 saturated carbocycles. The molecule has 0 amide bonds. The standard InChI is InChI=1S/C22H18Cl2N6O3/c1-12-9-28(20-16(22(32)33)18(24)25-11-26-20)10-14(12)19-27-29-8-7-15(23)17(29)21(31)30(19)13-5-3-2-4-6-13/h2-8,11-12,14H,9-10H2,1H3,(H,32,33)/t12-,14?/m0/s1. The highest BCUT2D eigenvalue weighted by molar-refractivity contribution is 6.34. The third kappa shape index (κ3) is 3.53. The summed E-state index contributed by atoms with van der Waals surface area (Å²) in [5.74, 6) is -0.562. The minimum Gasteiger partial charge on any atom is -0.477 e. The molecule has 33 heavy (non-hydrogen) atoms. The minimum atomic E-state index is -1.20. The summed E-state index contributed by atoms with van der Waals surface area (Å²) in [6.07, 6.45) is 2.90. The topological polar surface area (TPSA) is 106 Å². The van der Waals surface area contributed by atoms with E-state index in [1.807, 2.05) is 42.2 Å². The van der Waals surface area contributed by atoms with Gasteiger partial charge in [-0.3, -0.25) is 9.36 Å². The molecule has 1 aliphatic rings. The van der Waals surface area contributed by atoms with Crippen molar-refractivity contribution in [1.82, 2.24) is 24.1 Å². The lowest BCUT2D eigenvalue weighted by molar-refractivity contribution is 0.0697. The Morgan fingerprint density at radius 2 is 1.88 bits per heavy atom. The molecular formula is C22H18Cl2N6O3. The van der Waals surface area contributed by atoms with E-state index >= 15 is 0 Å². The second-order valence-electron chi connectivity index (χ2n) is 7.95. The molecule has 1 N–H and O–H groups in total. The van der Waals surface area contributed by atoms with Crippen LogP contribution in [0.4, 0.5) is 5.82 Å². The van der Waals surface area contributed by atoms with Gasteiger partial charge in [0.05, 0.1) is 10.7 Å². The van der Waals surface area contributed by atoms with Crippen molar-refractivity contribution in [2.75, 3.05) is 18.0 Å². The van der Waals surface area contributed by atoms with Crippen molar-refractivity contribution in [2.24, 2.45) is 5.92 Å². The molecule has 0 spiro atoms. The van der Waals surface area contributed by atoms with Crippen molar-refractivity contribution in [3.05, 3.63) is 80.8 Å². The summed E-state index contributed by atoms with van der Waals surface area (Å²) < 4.78 is 3.08. The summed E-state index contributed by atoms with van der Waals surface area (Å²) in [5.41, 5.74) is 0.547. The van der Waals surface area contributed by atoms with E-state index in [1.165, 1.54) is 10.8 Å². The first kappa shape index (κ1) is 21.4. The number of hydrogen-bond acceptors (Lipinski definition) is 6. The Kier molecular flexibility index (Phi) is 5.30. The predicted octanol–water partition coefficient (Wildman–Crippen LogP) is 3.52. The molecule has 4 aromatic rings. The average Bonchev–Trinajstić information content (AvgIpc) is 3.36. The second-order valence-corrected chi connectivity index (χ2v) is 8.71. The number of anilines is 1. The smallest absolute Gasteiger partial charge is 0.342 e. The summed E-state index contributed by atoms with van der Waals surface area (Å²) in [7, 11) is 0. The van der Waals surface area contributed by atoms with Crippen molar-refractivity contribution in [3.8, 4) is 5.69 Å². The Bertz CT molecular complexity index is 1440. The van der Waals surface area contributed by atoms with Crippen LogP contribution in [0.5, 0.6) is 0 Å². The zero-order valence-corrected chi connectivity index (χ0v) is 18.9. The Hall–Kier alpha value is -3.43. The number of aromatic nitrogens is 5. The van der Waals surface area contributed by atoms with Crippen LogP contribution in [0, 0.1) is 5.92 Å². The van der Waals surface area contributed by atoms with Gasteiger partial charge in [-0.05, 0) is 24.1 Å². The number of aromatic carboxylic acids is 1. The average molecular weight is 485 g/mol. The first-order valence-corrected chi connectivity index (χ1v) is 11.0. The van der Waals surface area contributed by atoms with Crippen LogP contribution in [-0.2, 0) is 0 Å².